The van der Waals surface area contributed by atoms with E-state index in [1.165, 1.54) is 5.56 Å². The van der Waals surface area contributed by atoms with Crippen LogP contribution in [0.15, 0.2) is 30.3 Å². The van der Waals surface area contributed by atoms with Crippen LogP contribution in [-0.4, -0.2) is 64.9 Å². The zero-order valence-corrected chi connectivity index (χ0v) is 17.3. The Morgan fingerprint density at radius 1 is 1.00 bits per heavy atom. The molecule has 0 aromatic heterocycles. The van der Waals surface area contributed by atoms with Gasteiger partial charge in [-0.3, -0.25) is 14.4 Å². The van der Waals surface area contributed by atoms with Crippen LogP contribution in [0.5, 0.6) is 0 Å². The molecule has 4 rings (SSSR count). The van der Waals surface area contributed by atoms with E-state index in [4.69, 9.17) is 5.73 Å². The first-order valence-corrected chi connectivity index (χ1v) is 11.0. The quantitative estimate of drug-likeness (QED) is 0.717. The Balaban J connectivity index is 1.54. The summed E-state index contributed by atoms with van der Waals surface area (Å²) in [5.41, 5.74) is 5.06. The third kappa shape index (κ3) is 3.60. The third-order valence-electron chi connectivity index (χ3n) is 7.49. The van der Waals surface area contributed by atoms with Crippen molar-refractivity contribution in [2.24, 2.45) is 17.1 Å². The highest BCUT2D eigenvalue weighted by atomic mass is 16.4. The summed E-state index contributed by atoms with van der Waals surface area (Å²) >= 11 is 0. The Labute approximate surface area is 177 Å². The number of rotatable bonds is 5. The molecular weight excluding hydrogens is 382 g/mol. The fourth-order valence-corrected chi connectivity index (χ4v) is 5.77. The summed E-state index contributed by atoms with van der Waals surface area (Å²) < 4.78 is 0. The van der Waals surface area contributed by atoms with Crippen molar-refractivity contribution in [3.63, 3.8) is 0 Å². The topological polar surface area (TPSA) is 104 Å². The van der Waals surface area contributed by atoms with Crippen molar-refractivity contribution in [2.75, 3.05) is 26.2 Å². The minimum atomic E-state index is -1.83. The number of nitrogens with two attached hydrogens (primary N) is 1. The van der Waals surface area contributed by atoms with Gasteiger partial charge in [-0.1, -0.05) is 30.3 Å². The van der Waals surface area contributed by atoms with Crippen LogP contribution in [0.4, 0.5) is 0 Å². The molecule has 3 N–H and O–H groups in total. The first kappa shape index (κ1) is 20.8. The molecule has 0 spiro atoms. The Morgan fingerprint density at radius 2 is 1.70 bits per heavy atom. The van der Waals surface area contributed by atoms with Crippen molar-refractivity contribution >= 4 is 17.8 Å². The van der Waals surface area contributed by atoms with Crippen LogP contribution < -0.4 is 5.73 Å². The van der Waals surface area contributed by atoms with Gasteiger partial charge in [0.15, 0.2) is 5.41 Å². The molecule has 1 aliphatic carbocycles. The fourth-order valence-electron chi connectivity index (χ4n) is 5.77. The van der Waals surface area contributed by atoms with Crippen LogP contribution in [0.1, 0.15) is 50.0 Å². The van der Waals surface area contributed by atoms with Gasteiger partial charge in [-0.05, 0) is 57.2 Å². The fraction of sp³-hybridized carbons (Fsp3) is 0.609. The van der Waals surface area contributed by atoms with Gasteiger partial charge < -0.3 is 20.6 Å². The Kier molecular flexibility index (Phi) is 5.82. The minimum absolute atomic E-state index is 0.00389. The van der Waals surface area contributed by atoms with E-state index >= 15 is 0 Å². The maximum atomic E-state index is 13.5. The molecule has 1 saturated carbocycles. The maximum absolute atomic E-state index is 13.5. The van der Waals surface area contributed by atoms with E-state index in [-0.39, 0.29) is 24.3 Å². The van der Waals surface area contributed by atoms with Crippen molar-refractivity contribution < 1.29 is 19.5 Å². The number of likely N-dealkylation sites (tertiary alicyclic amines) is 2. The number of primary amides is 1. The van der Waals surface area contributed by atoms with Crippen molar-refractivity contribution in [1.29, 1.82) is 0 Å². The molecule has 2 heterocycles. The molecule has 7 heteroatoms. The lowest BCUT2D eigenvalue weighted by Gasteiger charge is -2.44. The van der Waals surface area contributed by atoms with Crippen molar-refractivity contribution in [1.82, 2.24) is 9.80 Å². The predicted octanol–water partition coefficient (Wildman–Crippen LogP) is 1.82. The lowest BCUT2D eigenvalue weighted by Crippen LogP contribution is -2.59. The molecule has 4 atom stereocenters. The molecular formula is C23H31N3O4. The Hall–Kier alpha value is -2.41. The number of benzene rings is 1. The summed E-state index contributed by atoms with van der Waals surface area (Å²) in [6.07, 6.45) is 4.27. The van der Waals surface area contributed by atoms with Gasteiger partial charge in [0.25, 0.3) is 0 Å². The molecule has 2 amide bonds. The summed E-state index contributed by atoms with van der Waals surface area (Å²) in [7, 11) is 0. The highest BCUT2D eigenvalue weighted by Gasteiger charge is 2.59. The van der Waals surface area contributed by atoms with E-state index in [1.54, 1.807) is 4.90 Å². The molecule has 7 nitrogen and oxygen atoms in total. The van der Waals surface area contributed by atoms with E-state index in [0.717, 1.165) is 38.8 Å². The van der Waals surface area contributed by atoms with Gasteiger partial charge in [-0.15, -0.1) is 0 Å². The van der Waals surface area contributed by atoms with Gasteiger partial charge in [0.2, 0.25) is 11.8 Å². The van der Waals surface area contributed by atoms with Gasteiger partial charge >= 0.3 is 5.97 Å². The number of hydrogen-bond acceptors (Lipinski definition) is 4. The summed E-state index contributed by atoms with van der Waals surface area (Å²) in [4.78, 5) is 42.4. The predicted molar refractivity (Wildman–Crippen MR) is 112 cm³/mol. The molecule has 1 aromatic rings. The monoisotopic (exact) mass is 413 g/mol. The summed E-state index contributed by atoms with van der Waals surface area (Å²) in [6, 6.07) is 10.1. The van der Waals surface area contributed by atoms with Gasteiger partial charge in [-0.25, -0.2) is 0 Å². The molecule has 30 heavy (non-hydrogen) atoms. The number of carbonyl (C=O) groups excluding carboxylic acids is 2. The molecule has 0 bridgehead atoms. The van der Waals surface area contributed by atoms with Crippen molar-refractivity contribution in [3.8, 4) is 0 Å². The molecule has 3 aliphatic rings. The first-order chi connectivity index (χ1) is 14.4. The van der Waals surface area contributed by atoms with Gasteiger partial charge in [0, 0.05) is 25.0 Å². The minimum Gasteiger partial charge on any atom is -0.480 e. The van der Waals surface area contributed by atoms with E-state index < -0.39 is 23.2 Å². The lowest BCUT2D eigenvalue weighted by molar-refractivity contribution is -0.170. The van der Waals surface area contributed by atoms with Crippen LogP contribution in [-0.2, 0) is 14.4 Å². The average Bonchev–Trinajstić information content (AvgIpc) is 3.45. The number of nitrogens with zero attached hydrogens (tertiary/aromatic N) is 2. The number of amides is 2. The van der Waals surface area contributed by atoms with E-state index in [2.05, 4.69) is 17.0 Å². The highest BCUT2D eigenvalue weighted by Crippen LogP contribution is 2.45. The highest BCUT2D eigenvalue weighted by molar-refractivity contribution is 6.05. The van der Waals surface area contributed by atoms with Crippen LogP contribution in [0.25, 0.3) is 0 Å². The van der Waals surface area contributed by atoms with Crippen LogP contribution in [0.2, 0.25) is 0 Å². The maximum Gasteiger partial charge on any atom is 0.320 e. The number of hydrogen-bond donors (Lipinski definition) is 2. The smallest absolute Gasteiger partial charge is 0.320 e. The zero-order valence-electron chi connectivity index (χ0n) is 17.3. The second-order valence-corrected chi connectivity index (χ2v) is 9.05. The lowest BCUT2D eigenvalue weighted by atomic mass is 9.63. The molecule has 1 aromatic carbocycles. The molecule has 2 aliphatic heterocycles. The SMILES string of the molecule is NC(=O)C1(C(=O)O)CC(N2CCCC2)CCC1C(=O)N1CCC(c2ccccc2)C1. The standard InChI is InChI=1S/C23H31N3O4/c24-21(28)23(22(29)30)14-18(25-11-4-5-12-25)8-9-19(23)20(27)26-13-10-17(15-26)16-6-2-1-3-7-16/h1-3,6-7,17-19H,4-5,8-15H2,(H2,24,28)(H,29,30). The zero-order chi connectivity index (χ0) is 21.3. The summed E-state index contributed by atoms with van der Waals surface area (Å²) in [5, 5.41) is 10.1. The van der Waals surface area contributed by atoms with Gasteiger partial charge in [-0.2, -0.15) is 0 Å². The number of carboxylic acid groups (broad SMARTS) is 1. The number of carboxylic acids is 1. The molecule has 3 fully saturated rings. The first-order valence-electron chi connectivity index (χ1n) is 11.0. The largest absolute Gasteiger partial charge is 0.480 e. The second kappa shape index (κ2) is 8.38. The number of aliphatic carboxylic acids is 1. The van der Waals surface area contributed by atoms with Crippen molar-refractivity contribution in [3.05, 3.63) is 35.9 Å². The Morgan fingerprint density at radius 3 is 2.33 bits per heavy atom. The van der Waals surface area contributed by atoms with E-state index in [1.807, 2.05) is 18.2 Å². The van der Waals surface area contributed by atoms with Gasteiger partial charge in [0.05, 0.1) is 5.92 Å². The van der Waals surface area contributed by atoms with Crippen LogP contribution in [0, 0.1) is 11.3 Å². The molecule has 2 saturated heterocycles. The molecule has 162 valence electrons. The second-order valence-electron chi connectivity index (χ2n) is 9.05. The van der Waals surface area contributed by atoms with E-state index in [9.17, 15) is 19.5 Å². The summed E-state index contributed by atoms with van der Waals surface area (Å²) in [5.74, 6) is -3.01. The van der Waals surface area contributed by atoms with Crippen LogP contribution >= 0.6 is 0 Å². The summed E-state index contributed by atoms with van der Waals surface area (Å²) in [6.45, 7) is 2.98. The van der Waals surface area contributed by atoms with Gasteiger partial charge in [0.1, 0.15) is 0 Å². The van der Waals surface area contributed by atoms with E-state index in [0.29, 0.717) is 19.5 Å². The van der Waals surface area contributed by atoms with Crippen molar-refractivity contribution in [2.45, 2.75) is 50.5 Å². The Bertz CT molecular complexity index is 792. The average molecular weight is 414 g/mol. The van der Waals surface area contributed by atoms with Crippen LogP contribution in [0.3, 0.4) is 0 Å². The third-order valence-corrected chi connectivity index (χ3v) is 7.49. The normalized spacial score (nSPS) is 32.3. The molecule has 0 radical (unpaired) electrons. The number of carbonyl (C=O) groups is 3. The molecule has 4 unspecified atom stereocenters.